The summed E-state index contributed by atoms with van der Waals surface area (Å²) in [6, 6.07) is 9.99. The number of ketones is 1. The molecule has 1 nitrogen and oxygen atoms in total. The van der Waals surface area contributed by atoms with E-state index in [1.165, 1.54) is 12.1 Å². The van der Waals surface area contributed by atoms with Gasteiger partial charge in [-0.1, -0.05) is 39.7 Å². The zero-order valence-electron chi connectivity index (χ0n) is 10.1. The first-order chi connectivity index (χ1) is 8.49. The highest BCUT2D eigenvalue weighted by atomic mass is 79.9. The van der Waals surface area contributed by atoms with Gasteiger partial charge < -0.3 is 0 Å². The monoisotopic (exact) mass is 306 g/mol. The summed E-state index contributed by atoms with van der Waals surface area (Å²) in [6.07, 6.45) is 0. The molecule has 0 radical (unpaired) electrons. The molecule has 2 aromatic carbocycles. The van der Waals surface area contributed by atoms with Crippen LogP contribution in [-0.4, -0.2) is 5.78 Å². The molecule has 0 amide bonds. The standard InChI is InChI=1S/C15H12BrFO/c1-9-3-5-12(10(2)7-9)15(18)13-6-4-11(16)8-14(13)17/h3-8H,1-2H3. The van der Waals surface area contributed by atoms with Gasteiger partial charge in [0, 0.05) is 10.0 Å². The lowest BCUT2D eigenvalue weighted by Crippen LogP contribution is -2.06. The van der Waals surface area contributed by atoms with Crippen molar-refractivity contribution in [1.29, 1.82) is 0 Å². The minimum atomic E-state index is -0.505. The quantitative estimate of drug-likeness (QED) is 0.750. The van der Waals surface area contributed by atoms with E-state index in [4.69, 9.17) is 0 Å². The van der Waals surface area contributed by atoms with Gasteiger partial charge in [-0.2, -0.15) is 0 Å². The molecule has 2 rings (SSSR count). The Hall–Kier alpha value is -1.48. The lowest BCUT2D eigenvalue weighted by atomic mass is 9.97. The predicted octanol–water partition coefficient (Wildman–Crippen LogP) is 4.44. The summed E-state index contributed by atoms with van der Waals surface area (Å²) in [4.78, 5) is 12.3. The average Bonchev–Trinajstić information content (AvgIpc) is 2.28. The van der Waals surface area contributed by atoms with E-state index < -0.39 is 5.82 Å². The molecule has 92 valence electrons. The molecule has 0 aliphatic carbocycles. The van der Waals surface area contributed by atoms with E-state index in [-0.39, 0.29) is 11.3 Å². The molecule has 0 spiro atoms. The summed E-state index contributed by atoms with van der Waals surface area (Å²) in [5, 5.41) is 0. The van der Waals surface area contributed by atoms with E-state index in [0.717, 1.165) is 11.1 Å². The molecule has 0 aliphatic heterocycles. The number of halogens is 2. The third-order valence-electron chi connectivity index (χ3n) is 2.80. The van der Waals surface area contributed by atoms with E-state index in [1.807, 2.05) is 26.0 Å². The number of rotatable bonds is 2. The first-order valence-corrected chi connectivity index (χ1v) is 6.35. The normalized spacial score (nSPS) is 10.4. The van der Waals surface area contributed by atoms with Crippen LogP contribution in [0.2, 0.25) is 0 Å². The van der Waals surface area contributed by atoms with Crippen LogP contribution >= 0.6 is 15.9 Å². The molecule has 0 aromatic heterocycles. The van der Waals surface area contributed by atoms with Gasteiger partial charge in [0.05, 0.1) is 5.56 Å². The average molecular weight is 307 g/mol. The maximum atomic E-state index is 13.7. The van der Waals surface area contributed by atoms with Crippen molar-refractivity contribution in [2.24, 2.45) is 0 Å². The molecular weight excluding hydrogens is 295 g/mol. The van der Waals surface area contributed by atoms with Crippen LogP contribution in [0.25, 0.3) is 0 Å². The Bertz CT molecular complexity index is 566. The first-order valence-electron chi connectivity index (χ1n) is 5.56. The van der Waals surface area contributed by atoms with Crippen LogP contribution in [0, 0.1) is 19.7 Å². The number of carbonyl (C=O) groups is 1. The molecule has 2 aromatic rings. The molecule has 0 N–H and O–H groups in total. The molecule has 0 saturated carbocycles. The molecule has 0 saturated heterocycles. The molecular formula is C15H12BrFO. The van der Waals surface area contributed by atoms with Crippen molar-refractivity contribution in [3.8, 4) is 0 Å². The highest BCUT2D eigenvalue weighted by Crippen LogP contribution is 2.20. The van der Waals surface area contributed by atoms with Crippen LogP contribution < -0.4 is 0 Å². The minimum Gasteiger partial charge on any atom is -0.288 e. The lowest BCUT2D eigenvalue weighted by molar-refractivity contribution is 0.103. The van der Waals surface area contributed by atoms with E-state index in [1.54, 1.807) is 12.1 Å². The first kappa shape index (κ1) is 13.0. The van der Waals surface area contributed by atoms with Crippen molar-refractivity contribution in [1.82, 2.24) is 0 Å². The Labute approximate surface area is 114 Å². The fourth-order valence-electron chi connectivity index (χ4n) is 1.89. The van der Waals surface area contributed by atoms with E-state index in [0.29, 0.717) is 10.0 Å². The van der Waals surface area contributed by atoms with Gasteiger partial charge in [0.25, 0.3) is 0 Å². The molecule has 0 bridgehead atoms. The second kappa shape index (κ2) is 5.02. The van der Waals surface area contributed by atoms with Crippen LogP contribution in [-0.2, 0) is 0 Å². The summed E-state index contributed by atoms with van der Waals surface area (Å²) in [7, 11) is 0. The summed E-state index contributed by atoms with van der Waals surface area (Å²) in [5.41, 5.74) is 2.59. The van der Waals surface area contributed by atoms with E-state index in [2.05, 4.69) is 15.9 Å². The van der Waals surface area contributed by atoms with Crippen LogP contribution in [0.5, 0.6) is 0 Å². The van der Waals surface area contributed by atoms with Gasteiger partial charge in [0.1, 0.15) is 5.82 Å². The zero-order valence-corrected chi connectivity index (χ0v) is 11.7. The molecule has 3 heteroatoms. The van der Waals surface area contributed by atoms with Crippen molar-refractivity contribution in [2.75, 3.05) is 0 Å². The molecule has 0 fully saturated rings. The number of hydrogen-bond acceptors (Lipinski definition) is 1. The van der Waals surface area contributed by atoms with Crippen LogP contribution in [0.3, 0.4) is 0 Å². The van der Waals surface area contributed by atoms with Crippen molar-refractivity contribution in [2.45, 2.75) is 13.8 Å². The number of carbonyl (C=O) groups excluding carboxylic acids is 1. The van der Waals surface area contributed by atoms with Gasteiger partial charge >= 0.3 is 0 Å². The minimum absolute atomic E-state index is 0.102. The molecule has 0 heterocycles. The van der Waals surface area contributed by atoms with Gasteiger partial charge in [-0.05, 0) is 37.6 Å². The van der Waals surface area contributed by atoms with Crippen LogP contribution in [0.4, 0.5) is 4.39 Å². The van der Waals surface area contributed by atoms with Gasteiger partial charge in [-0.15, -0.1) is 0 Å². The SMILES string of the molecule is Cc1ccc(C(=O)c2ccc(Br)cc2F)c(C)c1. The van der Waals surface area contributed by atoms with Crippen LogP contribution in [0.15, 0.2) is 40.9 Å². The smallest absolute Gasteiger partial charge is 0.196 e. The second-order valence-corrected chi connectivity index (χ2v) is 5.19. The summed E-state index contributed by atoms with van der Waals surface area (Å²) in [6.45, 7) is 3.82. The number of hydrogen-bond donors (Lipinski definition) is 0. The zero-order chi connectivity index (χ0) is 13.3. The Morgan fingerprint density at radius 1 is 1.06 bits per heavy atom. The van der Waals surface area contributed by atoms with Gasteiger partial charge in [0.2, 0.25) is 0 Å². The number of aryl methyl sites for hydroxylation is 2. The fraction of sp³-hybridized carbons (Fsp3) is 0.133. The summed E-state index contributed by atoms with van der Waals surface area (Å²) in [5.74, 6) is -0.785. The highest BCUT2D eigenvalue weighted by molar-refractivity contribution is 9.10. The molecule has 0 unspecified atom stereocenters. The Balaban J connectivity index is 2.48. The Morgan fingerprint density at radius 3 is 2.33 bits per heavy atom. The molecule has 18 heavy (non-hydrogen) atoms. The van der Waals surface area contributed by atoms with Crippen LogP contribution in [0.1, 0.15) is 27.0 Å². The predicted molar refractivity (Wildman–Crippen MR) is 73.4 cm³/mol. The maximum Gasteiger partial charge on any atom is 0.196 e. The Morgan fingerprint density at radius 2 is 1.72 bits per heavy atom. The van der Waals surface area contributed by atoms with Crippen molar-refractivity contribution >= 4 is 21.7 Å². The molecule has 0 atom stereocenters. The van der Waals surface area contributed by atoms with E-state index >= 15 is 0 Å². The third kappa shape index (κ3) is 2.51. The van der Waals surface area contributed by atoms with Gasteiger partial charge in [-0.3, -0.25) is 4.79 Å². The Kier molecular flexibility index (Phi) is 3.62. The van der Waals surface area contributed by atoms with Crippen molar-refractivity contribution in [3.63, 3.8) is 0 Å². The number of benzene rings is 2. The largest absolute Gasteiger partial charge is 0.288 e. The van der Waals surface area contributed by atoms with Crippen molar-refractivity contribution < 1.29 is 9.18 Å². The highest BCUT2D eigenvalue weighted by Gasteiger charge is 2.15. The van der Waals surface area contributed by atoms with Crippen molar-refractivity contribution in [3.05, 3.63) is 68.9 Å². The third-order valence-corrected chi connectivity index (χ3v) is 3.30. The van der Waals surface area contributed by atoms with Gasteiger partial charge in [0.15, 0.2) is 5.78 Å². The topological polar surface area (TPSA) is 17.1 Å². The molecule has 0 aliphatic rings. The summed E-state index contributed by atoms with van der Waals surface area (Å²) >= 11 is 3.17. The van der Waals surface area contributed by atoms with Gasteiger partial charge in [-0.25, -0.2) is 4.39 Å². The van der Waals surface area contributed by atoms with E-state index in [9.17, 15) is 9.18 Å². The fourth-order valence-corrected chi connectivity index (χ4v) is 2.22. The second-order valence-electron chi connectivity index (χ2n) is 4.27. The summed E-state index contributed by atoms with van der Waals surface area (Å²) < 4.78 is 14.4. The lowest BCUT2D eigenvalue weighted by Gasteiger charge is -2.07. The maximum absolute atomic E-state index is 13.7.